The molecule has 6 heteroatoms. The van der Waals surface area contributed by atoms with E-state index in [9.17, 15) is 8.42 Å². The maximum Gasteiger partial charge on any atom is 0.242 e. The van der Waals surface area contributed by atoms with E-state index in [1.54, 1.807) is 6.07 Å². The Bertz CT molecular complexity index is 466. The van der Waals surface area contributed by atoms with Gasteiger partial charge in [-0.25, -0.2) is 18.1 Å². The highest BCUT2D eigenvalue weighted by atomic mass is 32.2. The Morgan fingerprint density at radius 2 is 2.24 bits per heavy atom. The molecule has 0 atom stereocenters. The highest BCUT2D eigenvalue weighted by Crippen LogP contribution is 2.28. The highest BCUT2D eigenvalue weighted by molar-refractivity contribution is 7.89. The summed E-state index contributed by atoms with van der Waals surface area (Å²) in [5, 5.41) is 0. The summed E-state index contributed by atoms with van der Waals surface area (Å²) in [5.74, 6) is 0.953. The van der Waals surface area contributed by atoms with E-state index in [1.807, 2.05) is 6.92 Å². The molecule has 0 unspecified atom stereocenters. The van der Waals surface area contributed by atoms with Crippen LogP contribution in [0.4, 0.5) is 0 Å². The average molecular weight is 256 g/mol. The summed E-state index contributed by atoms with van der Waals surface area (Å²) >= 11 is 0. The van der Waals surface area contributed by atoms with Gasteiger partial charge in [-0.1, -0.05) is 0 Å². The summed E-state index contributed by atoms with van der Waals surface area (Å²) in [6, 6.07) is 3.07. The number of sulfonamides is 1. The van der Waals surface area contributed by atoms with E-state index in [4.69, 9.17) is 4.74 Å². The van der Waals surface area contributed by atoms with Crippen molar-refractivity contribution in [2.24, 2.45) is 5.92 Å². The van der Waals surface area contributed by atoms with Crippen LogP contribution in [-0.4, -0.2) is 26.6 Å². The van der Waals surface area contributed by atoms with Gasteiger partial charge in [-0.05, 0) is 31.7 Å². The van der Waals surface area contributed by atoms with Gasteiger partial charge in [0.05, 0.1) is 12.8 Å². The van der Waals surface area contributed by atoms with Crippen molar-refractivity contribution >= 4 is 10.0 Å². The van der Waals surface area contributed by atoms with Crippen molar-refractivity contribution in [1.29, 1.82) is 0 Å². The first-order chi connectivity index (χ1) is 8.12. The quantitative estimate of drug-likeness (QED) is 0.829. The maximum atomic E-state index is 11.8. The van der Waals surface area contributed by atoms with Crippen molar-refractivity contribution in [2.75, 3.05) is 13.2 Å². The number of hydrogen-bond acceptors (Lipinski definition) is 4. The molecule has 0 radical (unpaired) electrons. The number of nitrogens with zero attached hydrogens (tertiary/aromatic N) is 1. The van der Waals surface area contributed by atoms with Crippen LogP contribution >= 0.6 is 0 Å². The van der Waals surface area contributed by atoms with Gasteiger partial charge >= 0.3 is 0 Å². The molecule has 0 aromatic carbocycles. The van der Waals surface area contributed by atoms with Crippen molar-refractivity contribution in [2.45, 2.75) is 24.7 Å². The number of hydrogen-bond donors (Lipinski definition) is 1. The molecule has 5 nitrogen and oxygen atoms in total. The fourth-order valence-electron chi connectivity index (χ4n) is 1.39. The molecule has 1 aromatic heterocycles. The Hall–Kier alpha value is -1.14. The molecule has 1 saturated carbocycles. The predicted molar refractivity (Wildman–Crippen MR) is 63.3 cm³/mol. The zero-order valence-electron chi connectivity index (χ0n) is 9.72. The van der Waals surface area contributed by atoms with Crippen molar-refractivity contribution < 1.29 is 13.2 Å². The number of nitrogens with one attached hydrogen (secondary N) is 1. The average Bonchev–Trinajstić information content (AvgIpc) is 3.12. The monoisotopic (exact) mass is 256 g/mol. The Morgan fingerprint density at radius 1 is 1.47 bits per heavy atom. The molecule has 17 heavy (non-hydrogen) atoms. The molecule has 0 aliphatic heterocycles. The van der Waals surface area contributed by atoms with Crippen LogP contribution in [0.25, 0.3) is 0 Å². The topological polar surface area (TPSA) is 68.3 Å². The van der Waals surface area contributed by atoms with Gasteiger partial charge in [0, 0.05) is 12.6 Å². The van der Waals surface area contributed by atoms with Gasteiger partial charge in [0.15, 0.2) is 0 Å². The lowest BCUT2D eigenvalue weighted by Crippen LogP contribution is -2.25. The number of pyridine rings is 1. The van der Waals surface area contributed by atoms with Crippen molar-refractivity contribution in [3.8, 4) is 5.88 Å². The molecular formula is C11H16N2O3S. The minimum Gasteiger partial charge on any atom is -0.478 e. The third-order valence-corrected chi connectivity index (χ3v) is 3.98. The van der Waals surface area contributed by atoms with Gasteiger partial charge in [-0.3, -0.25) is 0 Å². The van der Waals surface area contributed by atoms with Gasteiger partial charge in [0.2, 0.25) is 15.9 Å². The minimum atomic E-state index is -3.42. The fourth-order valence-corrected chi connectivity index (χ4v) is 2.45. The van der Waals surface area contributed by atoms with Gasteiger partial charge < -0.3 is 4.74 Å². The second-order valence-corrected chi connectivity index (χ2v) is 5.83. The lowest BCUT2D eigenvalue weighted by Gasteiger charge is -2.06. The van der Waals surface area contributed by atoms with Gasteiger partial charge in [0.25, 0.3) is 0 Å². The first-order valence-electron chi connectivity index (χ1n) is 5.70. The van der Waals surface area contributed by atoms with E-state index in [2.05, 4.69) is 9.71 Å². The van der Waals surface area contributed by atoms with Crippen molar-refractivity contribution in [3.05, 3.63) is 18.3 Å². The zero-order valence-corrected chi connectivity index (χ0v) is 10.5. The molecular weight excluding hydrogens is 240 g/mol. The first-order valence-corrected chi connectivity index (χ1v) is 7.18. The Kier molecular flexibility index (Phi) is 3.63. The highest BCUT2D eigenvalue weighted by Gasteiger charge is 2.24. The molecule has 0 amide bonds. The molecule has 1 heterocycles. The Morgan fingerprint density at radius 3 is 2.76 bits per heavy atom. The van der Waals surface area contributed by atoms with Crippen LogP contribution in [-0.2, 0) is 10.0 Å². The molecule has 94 valence electrons. The smallest absolute Gasteiger partial charge is 0.242 e. The second kappa shape index (κ2) is 5.01. The van der Waals surface area contributed by atoms with Crippen LogP contribution in [0.15, 0.2) is 23.2 Å². The molecule has 1 N–H and O–H groups in total. The summed E-state index contributed by atoms with van der Waals surface area (Å²) in [5.41, 5.74) is 0. The molecule has 1 aliphatic rings. The molecule has 1 aliphatic carbocycles. The number of ether oxygens (including phenoxy) is 1. The standard InChI is InChI=1S/C11H16N2O3S/c1-2-16-11-6-5-10(8-12-11)17(14,15)13-7-9-3-4-9/h5-6,8-9,13H,2-4,7H2,1H3. The largest absolute Gasteiger partial charge is 0.478 e. The summed E-state index contributed by atoms with van der Waals surface area (Å²) in [4.78, 5) is 4.12. The molecule has 1 aromatic rings. The summed E-state index contributed by atoms with van der Waals surface area (Å²) in [6.45, 7) is 2.89. The minimum absolute atomic E-state index is 0.182. The normalized spacial score (nSPS) is 15.8. The molecule has 1 fully saturated rings. The van der Waals surface area contributed by atoms with E-state index < -0.39 is 10.0 Å². The number of rotatable bonds is 6. The molecule has 0 saturated heterocycles. The van der Waals surface area contributed by atoms with Crippen LogP contribution < -0.4 is 9.46 Å². The van der Waals surface area contributed by atoms with Gasteiger partial charge in [-0.2, -0.15) is 0 Å². The lowest BCUT2D eigenvalue weighted by atomic mass is 10.4. The lowest BCUT2D eigenvalue weighted by molar-refractivity contribution is 0.326. The van der Waals surface area contributed by atoms with Crippen LogP contribution in [0.5, 0.6) is 5.88 Å². The predicted octanol–water partition coefficient (Wildman–Crippen LogP) is 1.17. The SMILES string of the molecule is CCOc1ccc(S(=O)(=O)NCC2CC2)cn1. The third kappa shape index (κ3) is 3.41. The number of aromatic nitrogens is 1. The Labute approximate surface area is 101 Å². The van der Waals surface area contributed by atoms with E-state index in [0.29, 0.717) is 24.9 Å². The first kappa shape index (κ1) is 12.3. The van der Waals surface area contributed by atoms with Gasteiger partial charge in [-0.15, -0.1) is 0 Å². The fraction of sp³-hybridized carbons (Fsp3) is 0.545. The van der Waals surface area contributed by atoms with Crippen LogP contribution in [0.3, 0.4) is 0 Å². The summed E-state index contributed by atoms with van der Waals surface area (Å²) in [6.07, 6.45) is 3.55. The zero-order chi connectivity index (χ0) is 12.3. The van der Waals surface area contributed by atoms with E-state index in [1.165, 1.54) is 12.3 Å². The van der Waals surface area contributed by atoms with Gasteiger partial charge in [0.1, 0.15) is 4.90 Å². The maximum absolute atomic E-state index is 11.8. The van der Waals surface area contributed by atoms with E-state index in [0.717, 1.165) is 12.8 Å². The second-order valence-electron chi connectivity index (χ2n) is 4.06. The molecule has 0 bridgehead atoms. The molecule has 2 rings (SSSR count). The third-order valence-electron chi connectivity index (χ3n) is 2.57. The Balaban J connectivity index is 2.03. The summed E-state index contributed by atoms with van der Waals surface area (Å²) < 4.78 is 31.4. The van der Waals surface area contributed by atoms with Crippen LogP contribution in [0.2, 0.25) is 0 Å². The van der Waals surface area contributed by atoms with Crippen LogP contribution in [0, 0.1) is 5.92 Å². The van der Waals surface area contributed by atoms with Crippen LogP contribution in [0.1, 0.15) is 19.8 Å². The summed E-state index contributed by atoms with van der Waals surface area (Å²) in [7, 11) is -3.42. The van der Waals surface area contributed by atoms with Crippen molar-refractivity contribution in [3.63, 3.8) is 0 Å². The van der Waals surface area contributed by atoms with Crippen molar-refractivity contribution in [1.82, 2.24) is 9.71 Å². The van der Waals surface area contributed by atoms with E-state index >= 15 is 0 Å². The van der Waals surface area contributed by atoms with E-state index in [-0.39, 0.29) is 4.90 Å². The molecule has 0 spiro atoms.